The summed E-state index contributed by atoms with van der Waals surface area (Å²) >= 11 is 0. The number of hydrogen-bond donors (Lipinski definition) is 0. The molecule has 2 bridgehead atoms. The summed E-state index contributed by atoms with van der Waals surface area (Å²) in [6, 6.07) is 0. The maximum absolute atomic E-state index is 6.18. The Balaban J connectivity index is 2.27. The van der Waals surface area contributed by atoms with Crippen molar-refractivity contribution < 1.29 is 4.74 Å². The Morgan fingerprint density at radius 1 is 1.31 bits per heavy atom. The lowest BCUT2D eigenvalue weighted by Gasteiger charge is -2.59. The van der Waals surface area contributed by atoms with Gasteiger partial charge in [0.1, 0.15) is 0 Å². The van der Waals surface area contributed by atoms with Crippen molar-refractivity contribution >= 4 is 0 Å². The van der Waals surface area contributed by atoms with Crippen LogP contribution in [0.4, 0.5) is 0 Å². The van der Waals surface area contributed by atoms with E-state index in [4.69, 9.17) is 4.74 Å². The molecule has 4 unspecified atom stereocenters. The lowest BCUT2D eigenvalue weighted by molar-refractivity contribution is -0.245. The minimum Gasteiger partial charge on any atom is -0.371 e. The molecule has 0 aromatic rings. The normalized spacial score (nSPS) is 55.4. The van der Waals surface area contributed by atoms with E-state index in [9.17, 15) is 0 Å². The Morgan fingerprint density at radius 2 is 2.00 bits per heavy atom. The fourth-order valence-electron chi connectivity index (χ4n) is 3.35. The molecule has 3 fully saturated rings. The first-order valence-electron chi connectivity index (χ1n) is 5.70. The topological polar surface area (TPSA) is 9.23 Å². The van der Waals surface area contributed by atoms with E-state index >= 15 is 0 Å². The summed E-state index contributed by atoms with van der Waals surface area (Å²) in [5, 5.41) is 0. The first-order valence-corrected chi connectivity index (χ1v) is 5.70. The fraction of sp³-hybridized carbons (Fsp3) is 1.00. The van der Waals surface area contributed by atoms with Crippen LogP contribution in [-0.2, 0) is 4.74 Å². The Hall–Kier alpha value is -0.0400. The van der Waals surface area contributed by atoms with Gasteiger partial charge in [0, 0.05) is 0 Å². The van der Waals surface area contributed by atoms with E-state index in [1.165, 1.54) is 25.7 Å². The molecule has 0 spiro atoms. The van der Waals surface area contributed by atoms with Gasteiger partial charge in [-0.15, -0.1) is 0 Å². The Kier molecular flexibility index (Phi) is 1.99. The lowest BCUT2D eigenvalue weighted by atomic mass is 9.58. The van der Waals surface area contributed by atoms with Crippen molar-refractivity contribution in [1.29, 1.82) is 0 Å². The highest BCUT2D eigenvalue weighted by Crippen LogP contribution is 2.56. The standard InChI is InChI=1S/C12H22O/c1-5-12-7-6-11(4,9(2)8-12)13-10(12)3/h9-10H,5-8H2,1-4H3. The predicted molar refractivity (Wildman–Crippen MR) is 54.7 cm³/mol. The van der Waals surface area contributed by atoms with Crippen molar-refractivity contribution in [3.63, 3.8) is 0 Å². The summed E-state index contributed by atoms with van der Waals surface area (Å²) in [4.78, 5) is 0. The molecule has 2 aliphatic heterocycles. The van der Waals surface area contributed by atoms with Gasteiger partial charge in [-0.2, -0.15) is 0 Å². The van der Waals surface area contributed by atoms with Crippen LogP contribution in [0.3, 0.4) is 0 Å². The van der Waals surface area contributed by atoms with E-state index in [2.05, 4.69) is 27.7 Å². The second-order valence-corrected chi connectivity index (χ2v) is 5.39. The third kappa shape index (κ3) is 1.16. The van der Waals surface area contributed by atoms with Crippen molar-refractivity contribution in [2.45, 2.75) is 65.1 Å². The highest BCUT2D eigenvalue weighted by molar-refractivity contribution is 5.03. The number of fused-ring (bicyclic) bond motifs is 3. The molecular weight excluding hydrogens is 160 g/mol. The van der Waals surface area contributed by atoms with Crippen LogP contribution in [0.5, 0.6) is 0 Å². The molecule has 1 saturated carbocycles. The fourth-order valence-corrected chi connectivity index (χ4v) is 3.35. The lowest BCUT2D eigenvalue weighted by Crippen LogP contribution is -2.58. The molecule has 1 heteroatoms. The molecule has 0 aromatic heterocycles. The molecule has 0 N–H and O–H groups in total. The van der Waals surface area contributed by atoms with Crippen molar-refractivity contribution in [2.75, 3.05) is 0 Å². The van der Waals surface area contributed by atoms with E-state index in [0.29, 0.717) is 11.5 Å². The molecule has 1 nitrogen and oxygen atoms in total. The second kappa shape index (κ2) is 2.73. The van der Waals surface area contributed by atoms with Crippen molar-refractivity contribution in [1.82, 2.24) is 0 Å². The Bertz CT molecular complexity index is 213. The number of hydrogen-bond acceptors (Lipinski definition) is 1. The number of rotatable bonds is 1. The largest absolute Gasteiger partial charge is 0.371 e. The molecule has 76 valence electrons. The van der Waals surface area contributed by atoms with Crippen LogP contribution in [0.25, 0.3) is 0 Å². The Morgan fingerprint density at radius 3 is 2.46 bits per heavy atom. The van der Waals surface area contributed by atoms with Gasteiger partial charge in [0.25, 0.3) is 0 Å². The van der Waals surface area contributed by atoms with Gasteiger partial charge in [-0.25, -0.2) is 0 Å². The van der Waals surface area contributed by atoms with Crippen LogP contribution in [0.2, 0.25) is 0 Å². The molecule has 3 aliphatic rings. The second-order valence-electron chi connectivity index (χ2n) is 5.39. The van der Waals surface area contributed by atoms with E-state index in [-0.39, 0.29) is 5.60 Å². The van der Waals surface area contributed by atoms with Crippen molar-refractivity contribution in [3.05, 3.63) is 0 Å². The maximum atomic E-state index is 6.18. The smallest absolute Gasteiger partial charge is 0.0684 e. The van der Waals surface area contributed by atoms with Gasteiger partial charge in [0.15, 0.2) is 0 Å². The number of ether oxygens (including phenoxy) is 1. The highest BCUT2D eigenvalue weighted by atomic mass is 16.5. The Labute approximate surface area is 81.9 Å². The molecular formula is C12H22O. The minimum atomic E-state index is 0.191. The summed E-state index contributed by atoms with van der Waals surface area (Å²) in [7, 11) is 0. The van der Waals surface area contributed by atoms with Crippen LogP contribution in [0, 0.1) is 11.3 Å². The van der Waals surface area contributed by atoms with Gasteiger partial charge in [-0.05, 0) is 50.9 Å². The van der Waals surface area contributed by atoms with Crippen LogP contribution >= 0.6 is 0 Å². The predicted octanol–water partition coefficient (Wildman–Crippen LogP) is 3.38. The van der Waals surface area contributed by atoms with Gasteiger partial charge in [-0.1, -0.05) is 13.8 Å². The van der Waals surface area contributed by atoms with Crippen molar-refractivity contribution in [3.8, 4) is 0 Å². The molecule has 1 aliphatic carbocycles. The molecule has 3 rings (SSSR count). The third-order valence-electron chi connectivity index (χ3n) is 4.89. The average molecular weight is 182 g/mol. The third-order valence-corrected chi connectivity index (χ3v) is 4.89. The van der Waals surface area contributed by atoms with Gasteiger partial charge < -0.3 is 4.74 Å². The first kappa shape index (κ1) is 9.51. The maximum Gasteiger partial charge on any atom is 0.0684 e. The van der Waals surface area contributed by atoms with E-state index in [1.807, 2.05) is 0 Å². The summed E-state index contributed by atoms with van der Waals surface area (Å²) < 4.78 is 6.18. The zero-order valence-corrected chi connectivity index (χ0v) is 9.39. The van der Waals surface area contributed by atoms with E-state index in [0.717, 1.165) is 5.92 Å². The SMILES string of the molecule is CCC12CCC(C)(OC1C)C(C)C2. The van der Waals surface area contributed by atoms with Gasteiger partial charge in [0.05, 0.1) is 11.7 Å². The van der Waals surface area contributed by atoms with Crippen molar-refractivity contribution in [2.24, 2.45) is 11.3 Å². The zero-order valence-electron chi connectivity index (χ0n) is 9.39. The summed E-state index contributed by atoms with van der Waals surface area (Å²) in [5.74, 6) is 0.748. The molecule has 2 saturated heterocycles. The van der Waals surface area contributed by atoms with Gasteiger partial charge >= 0.3 is 0 Å². The molecule has 0 aromatic carbocycles. The monoisotopic (exact) mass is 182 g/mol. The quantitative estimate of drug-likeness (QED) is 0.604. The molecule has 0 radical (unpaired) electrons. The van der Waals surface area contributed by atoms with Crippen LogP contribution in [-0.4, -0.2) is 11.7 Å². The molecule has 13 heavy (non-hydrogen) atoms. The molecule has 2 heterocycles. The van der Waals surface area contributed by atoms with E-state index in [1.54, 1.807) is 0 Å². The summed E-state index contributed by atoms with van der Waals surface area (Å²) in [5.41, 5.74) is 0.702. The highest BCUT2D eigenvalue weighted by Gasteiger charge is 2.54. The van der Waals surface area contributed by atoms with Crippen LogP contribution in [0.15, 0.2) is 0 Å². The molecule has 4 atom stereocenters. The summed E-state index contributed by atoms with van der Waals surface area (Å²) in [6.07, 6.45) is 5.79. The summed E-state index contributed by atoms with van der Waals surface area (Å²) in [6.45, 7) is 9.25. The van der Waals surface area contributed by atoms with Gasteiger partial charge in [-0.3, -0.25) is 0 Å². The van der Waals surface area contributed by atoms with Crippen LogP contribution in [0.1, 0.15) is 53.4 Å². The zero-order chi connectivity index (χ0) is 9.69. The first-order chi connectivity index (χ1) is 6.02. The average Bonchev–Trinajstić information content (AvgIpc) is 2.09. The van der Waals surface area contributed by atoms with Crippen LogP contribution < -0.4 is 0 Å². The van der Waals surface area contributed by atoms with Gasteiger partial charge in [0.2, 0.25) is 0 Å². The van der Waals surface area contributed by atoms with E-state index < -0.39 is 0 Å². The molecule has 0 amide bonds. The minimum absolute atomic E-state index is 0.191.